The molecule has 6 nitrogen and oxygen atoms in total. The number of anilines is 1. The summed E-state index contributed by atoms with van der Waals surface area (Å²) in [5, 5.41) is 12.3. The summed E-state index contributed by atoms with van der Waals surface area (Å²) in [5.41, 5.74) is 0.864. The van der Waals surface area contributed by atoms with Crippen LogP contribution < -0.4 is 10.1 Å². The zero-order valence-corrected chi connectivity index (χ0v) is 11.2. The van der Waals surface area contributed by atoms with Gasteiger partial charge in [-0.1, -0.05) is 0 Å². The minimum absolute atomic E-state index is 0.157. The Hall–Kier alpha value is -1.85. The largest absolute Gasteiger partial charge is 0.481 e. The lowest BCUT2D eigenvalue weighted by molar-refractivity contribution is -0.141. The summed E-state index contributed by atoms with van der Waals surface area (Å²) in [4.78, 5) is 19.2. The SMILES string of the molecule is CCOc1ncnc(NC2CCC(C(=O)O)C2)c1C. The number of aromatic nitrogens is 2. The summed E-state index contributed by atoms with van der Waals surface area (Å²) in [7, 11) is 0. The summed E-state index contributed by atoms with van der Waals surface area (Å²) in [5.74, 6) is 0.354. The minimum atomic E-state index is -0.710. The molecular weight excluding hydrogens is 246 g/mol. The van der Waals surface area contributed by atoms with Crippen LogP contribution in [-0.2, 0) is 4.79 Å². The number of ether oxygens (including phenoxy) is 1. The van der Waals surface area contributed by atoms with E-state index in [-0.39, 0.29) is 12.0 Å². The summed E-state index contributed by atoms with van der Waals surface area (Å²) in [6, 6.07) is 0.157. The second kappa shape index (κ2) is 5.86. The van der Waals surface area contributed by atoms with E-state index in [0.717, 1.165) is 24.2 Å². The topological polar surface area (TPSA) is 84.3 Å². The molecule has 0 saturated heterocycles. The Balaban J connectivity index is 2.04. The van der Waals surface area contributed by atoms with E-state index in [1.165, 1.54) is 6.33 Å². The van der Waals surface area contributed by atoms with Crippen molar-refractivity contribution in [1.82, 2.24) is 9.97 Å². The van der Waals surface area contributed by atoms with Crippen LogP contribution in [0.3, 0.4) is 0 Å². The van der Waals surface area contributed by atoms with Crippen molar-refractivity contribution in [2.24, 2.45) is 5.92 Å². The molecule has 104 valence electrons. The Labute approximate surface area is 112 Å². The van der Waals surface area contributed by atoms with Crippen molar-refractivity contribution in [3.63, 3.8) is 0 Å². The Morgan fingerprint density at radius 2 is 2.32 bits per heavy atom. The molecule has 19 heavy (non-hydrogen) atoms. The molecule has 2 unspecified atom stereocenters. The highest BCUT2D eigenvalue weighted by Gasteiger charge is 2.30. The number of carbonyl (C=O) groups is 1. The summed E-state index contributed by atoms with van der Waals surface area (Å²) < 4.78 is 5.42. The van der Waals surface area contributed by atoms with Crippen molar-refractivity contribution in [3.05, 3.63) is 11.9 Å². The number of carboxylic acids is 1. The second-order valence-corrected chi connectivity index (χ2v) is 4.77. The molecule has 2 N–H and O–H groups in total. The molecule has 1 aromatic heterocycles. The predicted octanol–water partition coefficient (Wildman–Crippen LogP) is 1.85. The molecule has 1 heterocycles. The fraction of sp³-hybridized carbons (Fsp3) is 0.615. The lowest BCUT2D eigenvalue weighted by Gasteiger charge is -2.16. The smallest absolute Gasteiger partial charge is 0.306 e. The molecule has 6 heteroatoms. The fourth-order valence-electron chi connectivity index (χ4n) is 2.39. The van der Waals surface area contributed by atoms with Crippen molar-refractivity contribution in [1.29, 1.82) is 0 Å². The molecule has 2 atom stereocenters. The highest BCUT2D eigenvalue weighted by molar-refractivity contribution is 5.70. The van der Waals surface area contributed by atoms with Gasteiger partial charge < -0.3 is 15.2 Å². The minimum Gasteiger partial charge on any atom is -0.481 e. The highest BCUT2D eigenvalue weighted by atomic mass is 16.5. The number of nitrogens with zero attached hydrogens (tertiary/aromatic N) is 2. The van der Waals surface area contributed by atoms with Crippen LogP contribution in [0.2, 0.25) is 0 Å². The normalized spacial score (nSPS) is 22.2. The molecule has 2 rings (SSSR count). The standard InChI is InChI=1S/C13H19N3O3/c1-3-19-12-8(2)11(14-7-15-12)16-10-5-4-9(6-10)13(17)18/h7,9-10H,3-6H2,1-2H3,(H,17,18)(H,14,15,16). The Morgan fingerprint density at radius 1 is 1.53 bits per heavy atom. The molecule has 0 amide bonds. The van der Waals surface area contributed by atoms with Gasteiger partial charge in [0, 0.05) is 6.04 Å². The van der Waals surface area contributed by atoms with Crippen molar-refractivity contribution in [2.45, 2.75) is 39.2 Å². The van der Waals surface area contributed by atoms with Gasteiger partial charge in [0.1, 0.15) is 12.1 Å². The van der Waals surface area contributed by atoms with E-state index >= 15 is 0 Å². The van der Waals surface area contributed by atoms with Gasteiger partial charge in [-0.15, -0.1) is 0 Å². The third-order valence-electron chi connectivity index (χ3n) is 3.44. The van der Waals surface area contributed by atoms with Gasteiger partial charge in [0.05, 0.1) is 18.1 Å². The quantitative estimate of drug-likeness (QED) is 0.845. The van der Waals surface area contributed by atoms with Crippen molar-refractivity contribution in [3.8, 4) is 5.88 Å². The molecular formula is C13H19N3O3. The Bertz CT molecular complexity index is 464. The molecule has 1 aliphatic rings. The van der Waals surface area contributed by atoms with Crippen LogP contribution in [0.4, 0.5) is 5.82 Å². The first-order valence-corrected chi connectivity index (χ1v) is 6.55. The zero-order valence-electron chi connectivity index (χ0n) is 11.2. The second-order valence-electron chi connectivity index (χ2n) is 4.77. The number of rotatable bonds is 5. The number of hydrogen-bond donors (Lipinski definition) is 2. The third kappa shape index (κ3) is 3.13. The zero-order chi connectivity index (χ0) is 13.8. The van der Waals surface area contributed by atoms with Crippen LogP contribution in [0.15, 0.2) is 6.33 Å². The average molecular weight is 265 g/mol. The maximum absolute atomic E-state index is 10.9. The molecule has 1 aliphatic carbocycles. The van der Waals surface area contributed by atoms with E-state index in [1.54, 1.807) is 0 Å². The van der Waals surface area contributed by atoms with Crippen LogP contribution in [-0.4, -0.2) is 33.7 Å². The Kier molecular flexibility index (Phi) is 4.19. The molecule has 1 saturated carbocycles. The van der Waals surface area contributed by atoms with Gasteiger partial charge >= 0.3 is 5.97 Å². The number of carboxylic acid groups (broad SMARTS) is 1. The van der Waals surface area contributed by atoms with Crippen LogP contribution >= 0.6 is 0 Å². The molecule has 1 aromatic rings. The highest BCUT2D eigenvalue weighted by Crippen LogP contribution is 2.29. The molecule has 0 spiro atoms. The van der Waals surface area contributed by atoms with Gasteiger partial charge in [-0.25, -0.2) is 9.97 Å². The maximum atomic E-state index is 10.9. The lowest BCUT2D eigenvalue weighted by atomic mass is 10.1. The van der Waals surface area contributed by atoms with E-state index in [4.69, 9.17) is 9.84 Å². The fourth-order valence-corrected chi connectivity index (χ4v) is 2.39. The number of hydrogen-bond acceptors (Lipinski definition) is 5. The first-order valence-electron chi connectivity index (χ1n) is 6.55. The first kappa shape index (κ1) is 13.6. The van der Waals surface area contributed by atoms with Gasteiger partial charge in [0.2, 0.25) is 5.88 Å². The number of nitrogens with one attached hydrogen (secondary N) is 1. The van der Waals surface area contributed by atoms with E-state index in [2.05, 4.69) is 15.3 Å². The van der Waals surface area contributed by atoms with Crippen molar-refractivity contribution < 1.29 is 14.6 Å². The van der Waals surface area contributed by atoms with Gasteiger partial charge in [-0.2, -0.15) is 0 Å². The lowest BCUT2D eigenvalue weighted by Crippen LogP contribution is -2.19. The van der Waals surface area contributed by atoms with Crippen LogP contribution in [0, 0.1) is 12.8 Å². The van der Waals surface area contributed by atoms with E-state index < -0.39 is 5.97 Å². The van der Waals surface area contributed by atoms with E-state index in [0.29, 0.717) is 18.9 Å². The van der Waals surface area contributed by atoms with Gasteiger partial charge in [0.25, 0.3) is 0 Å². The molecule has 0 aliphatic heterocycles. The molecule has 0 bridgehead atoms. The van der Waals surface area contributed by atoms with Crippen molar-refractivity contribution >= 4 is 11.8 Å². The summed E-state index contributed by atoms with van der Waals surface area (Å²) in [6.45, 7) is 4.36. The van der Waals surface area contributed by atoms with Gasteiger partial charge in [-0.05, 0) is 33.1 Å². The van der Waals surface area contributed by atoms with Crippen LogP contribution in [0.5, 0.6) is 5.88 Å². The summed E-state index contributed by atoms with van der Waals surface area (Å²) in [6.07, 6.45) is 3.67. The first-order chi connectivity index (χ1) is 9.11. The average Bonchev–Trinajstić information content (AvgIpc) is 2.83. The van der Waals surface area contributed by atoms with E-state index in [9.17, 15) is 4.79 Å². The monoisotopic (exact) mass is 265 g/mol. The molecule has 0 radical (unpaired) electrons. The number of aliphatic carboxylic acids is 1. The van der Waals surface area contributed by atoms with Gasteiger partial charge in [0.15, 0.2) is 0 Å². The Morgan fingerprint density at radius 3 is 2.95 bits per heavy atom. The van der Waals surface area contributed by atoms with Crippen LogP contribution in [0.25, 0.3) is 0 Å². The molecule has 0 aromatic carbocycles. The summed E-state index contributed by atoms with van der Waals surface area (Å²) >= 11 is 0. The third-order valence-corrected chi connectivity index (χ3v) is 3.44. The van der Waals surface area contributed by atoms with Crippen LogP contribution in [0.1, 0.15) is 31.7 Å². The predicted molar refractivity (Wildman–Crippen MR) is 70.3 cm³/mol. The van der Waals surface area contributed by atoms with Gasteiger partial charge in [-0.3, -0.25) is 4.79 Å². The van der Waals surface area contributed by atoms with E-state index in [1.807, 2.05) is 13.8 Å². The maximum Gasteiger partial charge on any atom is 0.306 e. The van der Waals surface area contributed by atoms with Crippen molar-refractivity contribution in [2.75, 3.05) is 11.9 Å². The molecule has 1 fully saturated rings.